The van der Waals surface area contributed by atoms with Gasteiger partial charge >= 0.3 is 0 Å². The van der Waals surface area contributed by atoms with E-state index in [9.17, 15) is 4.79 Å². The van der Waals surface area contributed by atoms with E-state index in [0.717, 1.165) is 35.9 Å². The molecule has 0 spiro atoms. The van der Waals surface area contributed by atoms with Gasteiger partial charge in [-0.25, -0.2) is 4.98 Å². The van der Waals surface area contributed by atoms with Crippen molar-refractivity contribution in [1.29, 1.82) is 0 Å². The van der Waals surface area contributed by atoms with E-state index in [1.54, 1.807) is 6.20 Å². The summed E-state index contributed by atoms with van der Waals surface area (Å²) >= 11 is 1.50. The summed E-state index contributed by atoms with van der Waals surface area (Å²) in [7, 11) is 0. The maximum absolute atomic E-state index is 12.5. The highest BCUT2D eigenvalue weighted by Gasteiger charge is 2.22. The molecule has 0 aliphatic carbocycles. The molecule has 3 aromatic rings. The first-order valence-electron chi connectivity index (χ1n) is 7.65. The van der Waals surface area contributed by atoms with Crippen molar-refractivity contribution >= 4 is 17.2 Å². The number of amides is 1. The molecule has 1 aliphatic rings. The molecular weight excluding hydrogens is 310 g/mol. The van der Waals surface area contributed by atoms with Crippen molar-refractivity contribution in [2.75, 3.05) is 13.1 Å². The predicted octanol–water partition coefficient (Wildman–Crippen LogP) is 1.89. The van der Waals surface area contributed by atoms with Gasteiger partial charge in [0.15, 0.2) is 0 Å². The quantitative estimate of drug-likeness (QED) is 0.738. The van der Waals surface area contributed by atoms with Crippen LogP contribution in [-0.4, -0.2) is 43.2 Å². The van der Waals surface area contributed by atoms with Crippen LogP contribution in [0.4, 0.5) is 0 Å². The zero-order valence-electron chi connectivity index (χ0n) is 12.6. The van der Waals surface area contributed by atoms with Crippen molar-refractivity contribution in [2.24, 2.45) is 0 Å². The Balaban J connectivity index is 1.51. The number of fused-ring (bicyclic) bond motifs is 1. The first kappa shape index (κ1) is 14.2. The van der Waals surface area contributed by atoms with Gasteiger partial charge in [0.1, 0.15) is 5.82 Å². The molecular formula is C16H17N5OS. The normalized spacial score (nSPS) is 14.5. The van der Waals surface area contributed by atoms with E-state index in [2.05, 4.69) is 14.6 Å². The van der Waals surface area contributed by atoms with Gasteiger partial charge in [0.2, 0.25) is 0 Å². The van der Waals surface area contributed by atoms with Crippen LogP contribution in [0, 0.1) is 0 Å². The topological polar surface area (TPSA) is 56.0 Å². The molecule has 0 aromatic carbocycles. The highest BCUT2D eigenvalue weighted by Crippen LogP contribution is 2.17. The predicted molar refractivity (Wildman–Crippen MR) is 87.5 cm³/mol. The number of hydrogen-bond acceptors (Lipinski definition) is 4. The van der Waals surface area contributed by atoms with E-state index in [1.165, 1.54) is 11.3 Å². The number of hydrogen-bond donors (Lipinski definition) is 0. The third-order valence-electron chi connectivity index (χ3n) is 4.12. The van der Waals surface area contributed by atoms with Crippen molar-refractivity contribution in [2.45, 2.75) is 19.5 Å². The molecule has 7 heteroatoms. The molecule has 4 rings (SSSR count). The minimum atomic E-state index is 0.124. The van der Waals surface area contributed by atoms with Crippen LogP contribution in [0.25, 0.3) is 0 Å². The van der Waals surface area contributed by atoms with Crippen molar-refractivity contribution in [3.8, 4) is 0 Å². The number of carbonyl (C=O) groups excluding carboxylic acids is 1. The van der Waals surface area contributed by atoms with Crippen LogP contribution in [0.1, 0.15) is 21.2 Å². The van der Waals surface area contributed by atoms with E-state index in [0.29, 0.717) is 13.1 Å². The van der Waals surface area contributed by atoms with E-state index in [1.807, 2.05) is 45.6 Å². The molecule has 6 nitrogen and oxygen atoms in total. The average Bonchev–Trinajstić information content (AvgIpc) is 3.29. The zero-order chi connectivity index (χ0) is 15.6. The van der Waals surface area contributed by atoms with Gasteiger partial charge < -0.3 is 9.47 Å². The number of nitrogens with zero attached hydrogens (tertiary/aromatic N) is 5. The molecule has 0 fully saturated rings. The summed E-state index contributed by atoms with van der Waals surface area (Å²) in [5, 5.41) is 6.20. The third kappa shape index (κ3) is 2.79. The summed E-state index contributed by atoms with van der Waals surface area (Å²) in [6.07, 6.45) is 6.44. The first-order valence-corrected chi connectivity index (χ1v) is 8.53. The Hall–Kier alpha value is -2.41. The molecule has 0 bridgehead atoms. The van der Waals surface area contributed by atoms with Gasteiger partial charge in [0.25, 0.3) is 5.91 Å². The van der Waals surface area contributed by atoms with E-state index < -0.39 is 0 Å². The fourth-order valence-electron chi connectivity index (χ4n) is 2.94. The lowest BCUT2D eigenvalue weighted by atomic mass is 10.3. The van der Waals surface area contributed by atoms with Crippen molar-refractivity contribution in [3.05, 3.63) is 58.6 Å². The van der Waals surface area contributed by atoms with Gasteiger partial charge in [0.05, 0.1) is 23.3 Å². The van der Waals surface area contributed by atoms with Crippen LogP contribution in [0.2, 0.25) is 0 Å². The molecule has 1 aliphatic heterocycles. The molecule has 0 saturated heterocycles. The minimum Gasteiger partial charge on any atom is -0.336 e. The molecule has 118 valence electrons. The molecule has 0 atom stereocenters. The summed E-state index contributed by atoms with van der Waals surface area (Å²) in [5.74, 6) is 1.17. The maximum atomic E-state index is 12.5. The molecule has 0 saturated carbocycles. The largest absolute Gasteiger partial charge is 0.336 e. The monoisotopic (exact) mass is 327 g/mol. The second-order valence-electron chi connectivity index (χ2n) is 5.54. The smallest absolute Gasteiger partial charge is 0.263 e. The summed E-state index contributed by atoms with van der Waals surface area (Å²) < 4.78 is 4.12. The van der Waals surface area contributed by atoms with Crippen LogP contribution in [0.15, 0.2) is 42.2 Å². The Morgan fingerprint density at radius 1 is 1.26 bits per heavy atom. The van der Waals surface area contributed by atoms with Crippen molar-refractivity contribution in [3.63, 3.8) is 0 Å². The number of aromatic nitrogens is 4. The highest BCUT2D eigenvalue weighted by atomic mass is 32.1. The second kappa shape index (κ2) is 6.00. The Kier molecular flexibility index (Phi) is 3.70. The lowest BCUT2D eigenvalue weighted by molar-refractivity contribution is 0.0763. The van der Waals surface area contributed by atoms with Crippen LogP contribution in [0.3, 0.4) is 0 Å². The van der Waals surface area contributed by atoms with Crippen LogP contribution < -0.4 is 0 Å². The van der Waals surface area contributed by atoms with Gasteiger partial charge in [0, 0.05) is 38.4 Å². The molecule has 1 amide bonds. The fraction of sp³-hybridized carbons (Fsp3) is 0.312. The van der Waals surface area contributed by atoms with Gasteiger partial charge in [-0.1, -0.05) is 6.07 Å². The molecule has 0 unspecified atom stereocenters. The maximum Gasteiger partial charge on any atom is 0.263 e. The molecule has 3 aromatic heterocycles. The number of imidazole rings is 1. The molecule has 23 heavy (non-hydrogen) atoms. The summed E-state index contributed by atoms with van der Waals surface area (Å²) in [6.45, 7) is 2.92. The van der Waals surface area contributed by atoms with Gasteiger partial charge in [-0.15, -0.1) is 11.3 Å². The molecule has 0 radical (unpaired) electrons. The van der Waals surface area contributed by atoms with Crippen LogP contribution in [-0.2, 0) is 19.5 Å². The fourth-order valence-corrected chi connectivity index (χ4v) is 3.63. The third-order valence-corrected chi connectivity index (χ3v) is 4.98. The van der Waals surface area contributed by atoms with Gasteiger partial charge in [-0.3, -0.25) is 9.48 Å². The lowest BCUT2D eigenvalue weighted by Crippen LogP contribution is -2.33. The lowest BCUT2D eigenvalue weighted by Gasteiger charge is -2.19. The SMILES string of the molecule is O=C(c1cccs1)N1CCc2ncc(Cn3cccn3)n2CC1. The van der Waals surface area contributed by atoms with E-state index in [-0.39, 0.29) is 5.91 Å². The Morgan fingerprint density at radius 3 is 3.00 bits per heavy atom. The number of carbonyl (C=O) groups is 1. The van der Waals surface area contributed by atoms with Crippen molar-refractivity contribution < 1.29 is 4.79 Å². The average molecular weight is 327 g/mol. The number of thiophene rings is 1. The van der Waals surface area contributed by atoms with Crippen molar-refractivity contribution in [1.82, 2.24) is 24.2 Å². The van der Waals surface area contributed by atoms with E-state index >= 15 is 0 Å². The Labute approximate surface area is 138 Å². The van der Waals surface area contributed by atoms with Gasteiger partial charge in [-0.05, 0) is 17.5 Å². The highest BCUT2D eigenvalue weighted by molar-refractivity contribution is 7.12. The van der Waals surface area contributed by atoms with Crippen LogP contribution in [0.5, 0.6) is 0 Å². The van der Waals surface area contributed by atoms with E-state index in [4.69, 9.17) is 0 Å². The number of rotatable bonds is 3. The molecule has 0 N–H and O–H groups in total. The minimum absolute atomic E-state index is 0.124. The summed E-state index contributed by atoms with van der Waals surface area (Å²) in [5.41, 5.74) is 1.13. The summed E-state index contributed by atoms with van der Waals surface area (Å²) in [4.78, 5) is 19.8. The van der Waals surface area contributed by atoms with Gasteiger partial charge in [-0.2, -0.15) is 5.10 Å². The second-order valence-corrected chi connectivity index (χ2v) is 6.49. The first-order chi connectivity index (χ1) is 11.3. The standard InChI is InChI=1S/C16H17N5OS/c22-16(14-3-1-10-23-14)19-7-4-15-17-11-13(21(15)9-8-19)12-20-6-2-5-18-20/h1-3,5-6,10-11H,4,7-9,12H2. The Bertz CT molecular complexity index is 791. The summed E-state index contributed by atoms with van der Waals surface area (Å²) in [6, 6.07) is 5.73. The molecule has 4 heterocycles. The Morgan fingerprint density at radius 2 is 2.22 bits per heavy atom. The zero-order valence-corrected chi connectivity index (χ0v) is 13.4. The van der Waals surface area contributed by atoms with Crippen LogP contribution >= 0.6 is 11.3 Å².